The van der Waals surface area contributed by atoms with Gasteiger partial charge >= 0.3 is 6.18 Å². The Morgan fingerprint density at radius 1 is 1.39 bits per heavy atom. The number of carbonyl (C=O) groups is 1. The van der Waals surface area contributed by atoms with Crippen LogP contribution in [0.5, 0.6) is 0 Å². The van der Waals surface area contributed by atoms with E-state index >= 15 is 0 Å². The highest BCUT2D eigenvalue weighted by molar-refractivity contribution is 7.89. The summed E-state index contributed by atoms with van der Waals surface area (Å²) in [5.74, 6) is -1.03. The van der Waals surface area contributed by atoms with Crippen LogP contribution >= 0.6 is 0 Å². The lowest BCUT2D eigenvalue weighted by atomic mass is 10.1. The van der Waals surface area contributed by atoms with Gasteiger partial charge in [0.05, 0.1) is 5.69 Å². The van der Waals surface area contributed by atoms with Gasteiger partial charge in [0.25, 0.3) is 15.9 Å². The maximum absolute atomic E-state index is 14.0. The average molecular weight is 457 g/mol. The SMILES string of the molecule is CC1CC1(C)Cn1nc(C2CC2)c(C(F)(F)F)c1C(=O)Nc1ccnc(S(N)(=O)=O)c1. The molecular formula is C19H22F3N5O3S. The highest BCUT2D eigenvalue weighted by Gasteiger charge is 2.50. The van der Waals surface area contributed by atoms with Crippen LogP contribution in [0.3, 0.4) is 0 Å². The number of aromatic nitrogens is 3. The molecule has 12 heteroatoms. The minimum Gasteiger partial charge on any atom is -0.320 e. The summed E-state index contributed by atoms with van der Waals surface area (Å²) < 4.78 is 66.2. The second-order valence-electron chi connectivity index (χ2n) is 8.68. The van der Waals surface area contributed by atoms with Crippen molar-refractivity contribution in [2.75, 3.05) is 5.32 Å². The fraction of sp³-hybridized carbons (Fsp3) is 0.526. The van der Waals surface area contributed by atoms with Gasteiger partial charge in [0.15, 0.2) is 5.03 Å². The molecule has 2 aromatic heterocycles. The maximum atomic E-state index is 14.0. The molecule has 0 radical (unpaired) electrons. The largest absolute Gasteiger partial charge is 0.420 e. The number of nitrogens with zero attached hydrogens (tertiary/aromatic N) is 3. The van der Waals surface area contributed by atoms with Crippen molar-refractivity contribution < 1.29 is 26.4 Å². The molecule has 1 amide bonds. The summed E-state index contributed by atoms with van der Waals surface area (Å²) in [6, 6.07) is 2.26. The molecule has 2 unspecified atom stereocenters. The lowest BCUT2D eigenvalue weighted by molar-refractivity contribution is -0.138. The smallest absolute Gasteiger partial charge is 0.320 e. The third-order valence-corrected chi connectivity index (χ3v) is 6.85. The van der Waals surface area contributed by atoms with Gasteiger partial charge in [-0.3, -0.25) is 9.48 Å². The number of rotatable bonds is 6. The van der Waals surface area contributed by atoms with Crippen LogP contribution in [0.25, 0.3) is 0 Å². The van der Waals surface area contributed by atoms with Crippen molar-refractivity contribution in [3.8, 4) is 0 Å². The summed E-state index contributed by atoms with van der Waals surface area (Å²) in [4.78, 5) is 16.6. The van der Waals surface area contributed by atoms with Crippen molar-refractivity contribution >= 4 is 21.6 Å². The lowest BCUT2D eigenvalue weighted by Crippen LogP contribution is -2.24. The molecular weight excluding hydrogens is 435 g/mol. The van der Waals surface area contributed by atoms with Crippen LogP contribution in [0.2, 0.25) is 0 Å². The molecule has 2 fully saturated rings. The van der Waals surface area contributed by atoms with E-state index in [1.54, 1.807) is 0 Å². The van der Waals surface area contributed by atoms with Gasteiger partial charge in [-0.25, -0.2) is 18.5 Å². The predicted octanol–water partition coefficient (Wildman–Crippen LogP) is 3.12. The topological polar surface area (TPSA) is 120 Å². The van der Waals surface area contributed by atoms with E-state index in [0.717, 1.165) is 23.4 Å². The molecule has 4 rings (SSSR count). The minimum atomic E-state index is -4.76. The molecule has 168 valence electrons. The number of carbonyl (C=O) groups excluding carboxylic acids is 1. The van der Waals surface area contributed by atoms with Gasteiger partial charge in [-0.2, -0.15) is 18.3 Å². The summed E-state index contributed by atoms with van der Waals surface area (Å²) in [6.45, 7) is 4.14. The minimum absolute atomic E-state index is 0.0381. The molecule has 8 nitrogen and oxygen atoms in total. The summed E-state index contributed by atoms with van der Waals surface area (Å²) in [5, 5.41) is 11.1. The van der Waals surface area contributed by atoms with Gasteiger partial charge in [0.2, 0.25) is 0 Å². The molecule has 2 heterocycles. The first-order valence-corrected chi connectivity index (χ1v) is 11.3. The fourth-order valence-electron chi connectivity index (χ4n) is 3.78. The first-order chi connectivity index (χ1) is 14.3. The zero-order valence-corrected chi connectivity index (χ0v) is 17.7. The number of alkyl halides is 3. The Bertz CT molecular complexity index is 1160. The zero-order chi connectivity index (χ0) is 22.8. The molecule has 2 atom stereocenters. The number of anilines is 1. The van der Waals surface area contributed by atoms with Crippen molar-refractivity contribution in [1.29, 1.82) is 0 Å². The molecule has 31 heavy (non-hydrogen) atoms. The van der Waals surface area contributed by atoms with E-state index in [9.17, 15) is 26.4 Å². The number of nitrogens with two attached hydrogens (primary N) is 1. The van der Waals surface area contributed by atoms with Crippen molar-refractivity contribution in [1.82, 2.24) is 14.8 Å². The van der Waals surface area contributed by atoms with Gasteiger partial charge in [-0.05, 0) is 36.7 Å². The first kappa shape index (κ1) is 21.8. The first-order valence-electron chi connectivity index (χ1n) is 9.78. The number of primary sulfonamides is 1. The van der Waals surface area contributed by atoms with E-state index < -0.39 is 38.4 Å². The quantitative estimate of drug-likeness (QED) is 0.691. The van der Waals surface area contributed by atoms with E-state index in [-0.39, 0.29) is 29.3 Å². The van der Waals surface area contributed by atoms with Gasteiger partial charge in [0.1, 0.15) is 11.3 Å². The van der Waals surface area contributed by atoms with Crippen molar-refractivity contribution in [2.45, 2.75) is 56.8 Å². The third-order valence-electron chi connectivity index (χ3n) is 6.04. The number of hydrogen-bond acceptors (Lipinski definition) is 5. The van der Waals surface area contributed by atoms with E-state index in [4.69, 9.17) is 5.14 Å². The van der Waals surface area contributed by atoms with E-state index in [1.165, 1.54) is 6.07 Å². The van der Waals surface area contributed by atoms with Gasteiger partial charge < -0.3 is 5.32 Å². The Labute approximate surface area is 177 Å². The van der Waals surface area contributed by atoms with Crippen LogP contribution in [0, 0.1) is 11.3 Å². The second kappa shape index (κ2) is 7.02. The van der Waals surface area contributed by atoms with E-state index in [1.807, 2.05) is 13.8 Å². The summed E-state index contributed by atoms with van der Waals surface area (Å²) in [7, 11) is -4.15. The Morgan fingerprint density at radius 2 is 2.03 bits per heavy atom. The molecule has 0 aromatic carbocycles. The van der Waals surface area contributed by atoms with Crippen LogP contribution in [-0.4, -0.2) is 29.1 Å². The molecule has 0 spiro atoms. The normalized spacial score (nSPS) is 23.6. The van der Waals surface area contributed by atoms with Crippen LogP contribution in [-0.2, 0) is 22.7 Å². The molecule has 0 aliphatic heterocycles. The molecule has 3 N–H and O–H groups in total. The Hall–Kier alpha value is -2.47. The lowest BCUT2D eigenvalue weighted by Gasteiger charge is -2.15. The van der Waals surface area contributed by atoms with E-state index in [2.05, 4.69) is 15.4 Å². The monoisotopic (exact) mass is 457 g/mol. The van der Waals surface area contributed by atoms with Crippen LogP contribution in [0.1, 0.15) is 60.8 Å². The van der Waals surface area contributed by atoms with Crippen molar-refractivity contribution in [3.63, 3.8) is 0 Å². The summed E-state index contributed by atoms with van der Waals surface area (Å²) >= 11 is 0. The number of halogens is 3. The van der Waals surface area contributed by atoms with Gasteiger partial charge in [-0.1, -0.05) is 13.8 Å². The number of hydrogen-bond donors (Lipinski definition) is 2. The average Bonchev–Trinajstić information content (AvgIpc) is 3.53. The summed E-state index contributed by atoms with van der Waals surface area (Å²) in [6.07, 6.45) is -1.65. The molecule has 0 bridgehead atoms. The predicted molar refractivity (Wildman–Crippen MR) is 105 cm³/mol. The maximum Gasteiger partial charge on any atom is 0.420 e. The van der Waals surface area contributed by atoms with E-state index in [0.29, 0.717) is 18.8 Å². The van der Waals surface area contributed by atoms with Crippen molar-refractivity contribution in [2.24, 2.45) is 16.5 Å². The molecule has 0 saturated heterocycles. The van der Waals surface area contributed by atoms with Crippen LogP contribution in [0.4, 0.5) is 18.9 Å². The number of nitrogens with one attached hydrogen (secondary N) is 1. The summed E-state index contributed by atoms with van der Waals surface area (Å²) in [5.41, 5.74) is -1.96. The fourth-order valence-corrected chi connectivity index (χ4v) is 4.28. The molecule has 2 aliphatic carbocycles. The Balaban J connectivity index is 1.76. The van der Waals surface area contributed by atoms with Gasteiger partial charge in [0, 0.05) is 30.4 Å². The number of pyridine rings is 1. The molecule has 2 aromatic rings. The Kier molecular flexibility index (Phi) is 4.93. The van der Waals surface area contributed by atoms with Crippen molar-refractivity contribution in [3.05, 3.63) is 35.3 Å². The molecule has 2 saturated carbocycles. The number of amides is 1. The Morgan fingerprint density at radius 3 is 2.55 bits per heavy atom. The van der Waals surface area contributed by atoms with Crippen LogP contribution in [0.15, 0.2) is 23.4 Å². The molecule has 2 aliphatic rings. The van der Waals surface area contributed by atoms with Gasteiger partial charge in [-0.15, -0.1) is 0 Å². The standard InChI is InChI=1S/C19H22F3N5O3S/c1-10-8-18(10,2)9-27-16(14(19(20,21)22)15(26-27)11-3-4-11)17(28)25-12-5-6-24-13(7-12)31(23,29)30/h5-7,10-11H,3-4,8-9H2,1-2H3,(H2,23,29,30)(H,24,25,28). The second-order valence-corrected chi connectivity index (χ2v) is 10.2. The third kappa shape index (κ3) is 4.31. The number of sulfonamides is 1. The highest BCUT2D eigenvalue weighted by Crippen LogP contribution is 2.54. The zero-order valence-electron chi connectivity index (χ0n) is 16.9. The van der Waals surface area contributed by atoms with Crippen LogP contribution < -0.4 is 10.5 Å². The highest BCUT2D eigenvalue weighted by atomic mass is 32.2.